The summed E-state index contributed by atoms with van der Waals surface area (Å²) in [6, 6.07) is 5.72. The van der Waals surface area contributed by atoms with Gasteiger partial charge in [-0.15, -0.1) is 0 Å². The van der Waals surface area contributed by atoms with Crippen molar-refractivity contribution < 1.29 is 22.1 Å². The fraction of sp³-hybridized carbons (Fsp3) is 0. The Hall–Kier alpha value is -0.297. The summed E-state index contributed by atoms with van der Waals surface area (Å²) in [4.78, 5) is 3.78. The van der Waals surface area contributed by atoms with Crippen molar-refractivity contribution in [3.63, 3.8) is 0 Å². The summed E-state index contributed by atoms with van der Waals surface area (Å²) in [5.41, 5.74) is 0. The van der Waals surface area contributed by atoms with Crippen LogP contribution in [0.1, 0.15) is 0 Å². The number of nitrogens with zero attached hydrogens (tertiary/aromatic N) is 1. The number of rotatable bonds is 0. The molecule has 0 amide bonds. The Bertz CT molecular complexity index is 84.4. The van der Waals surface area contributed by atoms with E-state index in [9.17, 15) is 3.32 Å². The smallest absolute Gasteiger partial charge is 0.0267 e. The van der Waals surface area contributed by atoms with E-state index in [0.29, 0.717) is 0 Å². The molecule has 39 valence electrons. The van der Waals surface area contributed by atoms with Crippen LogP contribution in [0.3, 0.4) is 0 Å². The van der Waals surface area contributed by atoms with Crippen molar-refractivity contribution in [3.8, 4) is 0 Å². The summed E-state index contributed by atoms with van der Waals surface area (Å²) in [6.45, 7) is 0. The summed E-state index contributed by atoms with van der Waals surface area (Å²) in [5, 5.41) is 0. The van der Waals surface area contributed by atoms with Crippen molar-refractivity contribution >= 4 is 0 Å². The van der Waals surface area contributed by atoms with Crippen LogP contribution in [0.2, 0.25) is 0 Å². The molecule has 1 aromatic heterocycles. The maximum atomic E-state index is 9.62. The minimum absolute atomic E-state index is 0.125. The number of aromatic nitrogens is 1. The fourth-order valence-corrected chi connectivity index (χ4v) is 0.313. The fourth-order valence-electron chi connectivity index (χ4n) is 0.313. The molecule has 1 rings (SSSR count). The molecule has 0 saturated carbocycles. The van der Waals surface area contributed by atoms with Crippen LogP contribution in [0, 0.1) is 0 Å². The van der Waals surface area contributed by atoms with Crippen molar-refractivity contribution in [2.24, 2.45) is 0 Å². The Labute approximate surface area is 58.2 Å². The Balaban J connectivity index is 0.000000222. The van der Waals surface area contributed by atoms with Gasteiger partial charge in [-0.1, -0.05) is 6.07 Å². The van der Waals surface area contributed by atoms with Gasteiger partial charge in [0, 0.05) is 12.4 Å². The van der Waals surface area contributed by atoms with Crippen LogP contribution in [-0.4, -0.2) is 4.98 Å². The number of pyridine rings is 1. The van der Waals surface area contributed by atoms with Crippen LogP contribution in [0.5, 0.6) is 0 Å². The summed E-state index contributed by atoms with van der Waals surface area (Å²) in [6.07, 6.45) is 3.50. The van der Waals surface area contributed by atoms with Gasteiger partial charge in [0.15, 0.2) is 0 Å². The first-order valence-electron chi connectivity index (χ1n) is 2.12. The van der Waals surface area contributed by atoms with E-state index in [-0.39, 0.29) is 18.8 Å². The molecule has 0 bridgehead atoms. The first-order chi connectivity index (χ1) is 4.00. The predicted molar refractivity (Wildman–Crippen MR) is 25.3 cm³/mol. The molecule has 0 aliphatic carbocycles. The zero-order valence-electron chi connectivity index (χ0n) is 4.42. The molecule has 8 heavy (non-hydrogen) atoms. The third kappa shape index (κ3) is 3.88. The van der Waals surface area contributed by atoms with Gasteiger partial charge in [0.25, 0.3) is 0 Å². The Morgan fingerprint density at radius 1 is 1.00 bits per heavy atom. The Kier molecular flexibility index (Phi) is 6.45. The summed E-state index contributed by atoms with van der Waals surface area (Å²) < 4.78 is 9.62. The summed E-state index contributed by atoms with van der Waals surface area (Å²) in [5.74, 6) is 0. The van der Waals surface area contributed by atoms with Crippen molar-refractivity contribution in [1.29, 1.82) is 0 Å². The molecule has 0 aliphatic heterocycles. The van der Waals surface area contributed by atoms with E-state index in [1.807, 2.05) is 18.2 Å². The van der Waals surface area contributed by atoms with Crippen LogP contribution >= 0.6 is 0 Å². The average Bonchev–Trinajstić information content (AvgIpc) is 1.96. The number of hydrogen-bond donors (Lipinski definition) is 0. The van der Waals surface area contributed by atoms with Crippen molar-refractivity contribution in [2.75, 3.05) is 0 Å². The zero-order valence-corrected chi connectivity index (χ0v) is 7.39. The van der Waals surface area contributed by atoms with E-state index in [0.717, 1.165) is 0 Å². The zero-order chi connectivity index (χ0) is 6.24. The molecule has 0 saturated heterocycles. The maximum absolute atomic E-state index is 9.62. The van der Waals surface area contributed by atoms with Crippen LogP contribution in [0.4, 0.5) is 3.32 Å². The van der Waals surface area contributed by atoms with Gasteiger partial charge in [-0.2, -0.15) is 0 Å². The maximum Gasteiger partial charge on any atom is 0.0267 e. The molecule has 1 heterocycles. The molecule has 1 aromatic rings. The van der Waals surface area contributed by atoms with Crippen LogP contribution < -0.4 is 0 Å². The summed E-state index contributed by atoms with van der Waals surface area (Å²) >= 11 is -0.125. The van der Waals surface area contributed by atoms with E-state index in [2.05, 4.69) is 4.98 Å². The molecule has 0 unspecified atom stereocenters. The van der Waals surface area contributed by atoms with E-state index in [4.69, 9.17) is 0 Å². The van der Waals surface area contributed by atoms with Gasteiger partial charge in [0.1, 0.15) is 0 Å². The third-order valence-corrected chi connectivity index (χ3v) is 0.566. The molecule has 0 atom stereocenters. The second-order valence-corrected chi connectivity index (χ2v) is 1.02. The van der Waals surface area contributed by atoms with Gasteiger partial charge >= 0.3 is 22.1 Å². The standard InChI is InChI=1S/C5H5N.FH.Zn/c1-2-4-6-5-3-1;;/h1-5H;1H;/q;;+1/p-1. The van der Waals surface area contributed by atoms with Crippen LogP contribution in [-0.2, 0) is 18.8 Å². The number of halogens is 1. The minimum Gasteiger partial charge on any atom is -0.265 e. The van der Waals surface area contributed by atoms with Crippen LogP contribution in [0.25, 0.3) is 0 Å². The van der Waals surface area contributed by atoms with Gasteiger partial charge in [0.05, 0.1) is 0 Å². The molecule has 0 N–H and O–H groups in total. The van der Waals surface area contributed by atoms with Crippen molar-refractivity contribution in [3.05, 3.63) is 30.6 Å². The quantitative estimate of drug-likeness (QED) is 0.528. The van der Waals surface area contributed by atoms with Crippen molar-refractivity contribution in [2.45, 2.75) is 0 Å². The molecule has 1 nitrogen and oxygen atoms in total. The molecule has 0 fully saturated rings. The first-order valence-corrected chi connectivity index (χ1v) is 3.24. The van der Waals surface area contributed by atoms with Gasteiger partial charge in [-0.3, -0.25) is 4.98 Å². The van der Waals surface area contributed by atoms with Gasteiger partial charge in [-0.05, 0) is 12.1 Å². The second-order valence-electron chi connectivity index (χ2n) is 1.02. The second kappa shape index (κ2) is 6.70. The van der Waals surface area contributed by atoms with Gasteiger partial charge in [0.2, 0.25) is 0 Å². The molecule has 0 spiro atoms. The molecular formula is C5H5FNZn. The Morgan fingerprint density at radius 2 is 1.50 bits per heavy atom. The largest absolute Gasteiger partial charge is 0.265 e. The molecular weight excluding hydrogens is 158 g/mol. The molecule has 0 aromatic carbocycles. The number of hydrogen-bond acceptors (Lipinski definition) is 1. The van der Waals surface area contributed by atoms with Gasteiger partial charge < -0.3 is 0 Å². The first kappa shape index (κ1) is 7.70. The van der Waals surface area contributed by atoms with E-state index in [1.54, 1.807) is 12.4 Å². The monoisotopic (exact) mass is 162 g/mol. The molecule has 0 radical (unpaired) electrons. The Morgan fingerprint density at radius 3 is 1.62 bits per heavy atom. The molecule has 3 heteroatoms. The van der Waals surface area contributed by atoms with E-state index < -0.39 is 0 Å². The topological polar surface area (TPSA) is 12.9 Å². The normalized spacial score (nSPS) is 6.88. The SMILES string of the molecule is [F][Zn].c1ccncc1. The van der Waals surface area contributed by atoms with Crippen molar-refractivity contribution in [1.82, 2.24) is 4.98 Å². The summed E-state index contributed by atoms with van der Waals surface area (Å²) in [7, 11) is 0. The average molecular weight is 163 g/mol. The van der Waals surface area contributed by atoms with E-state index >= 15 is 0 Å². The van der Waals surface area contributed by atoms with E-state index in [1.165, 1.54) is 0 Å². The van der Waals surface area contributed by atoms with Crippen LogP contribution in [0.15, 0.2) is 30.6 Å². The molecule has 0 aliphatic rings. The van der Waals surface area contributed by atoms with Gasteiger partial charge in [-0.25, -0.2) is 0 Å². The third-order valence-electron chi connectivity index (χ3n) is 0.566. The predicted octanol–water partition coefficient (Wildman–Crippen LogP) is 1.50. The minimum atomic E-state index is -0.125.